The molecule has 0 radical (unpaired) electrons. The molecule has 2 aromatic rings. The van der Waals surface area contributed by atoms with Crippen molar-refractivity contribution < 1.29 is 4.42 Å². The van der Waals surface area contributed by atoms with E-state index >= 15 is 0 Å². The van der Waals surface area contributed by atoms with Gasteiger partial charge in [0.1, 0.15) is 5.76 Å². The number of nitrogens with zero attached hydrogens (tertiary/aromatic N) is 1. The van der Waals surface area contributed by atoms with Gasteiger partial charge in [0.2, 0.25) is 5.89 Å². The zero-order valence-corrected chi connectivity index (χ0v) is 12.2. The van der Waals surface area contributed by atoms with Crippen LogP contribution in [-0.2, 0) is 13.0 Å². The Labute approximate surface area is 115 Å². The van der Waals surface area contributed by atoms with E-state index in [0.717, 1.165) is 18.1 Å². The van der Waals surface area contributed by atoms with Crippen LogP contribution < -0.4 is 5.32 Å². The van der Waals surface area contributed by atoms with Gasteiger partial charge in [0.25, 0.3) is 0 Å². The van der Waals surface area contributed by atoms with E-state index in [1.807, 2.05) is 0 Å². The van der Waals surface area contributed by atoms with Crippen LogP contribution >= 0.6 is 0 Å². The lowest BCUT2D eigenvalue weighted by Gasteiger charge is -2.16. The third-order valence-corrected chi connectivity index (χ3v) is 3.41. The quantitative estimate of drug-likeness (QED) is 0.888. The molecule has 0 aliphatic heterocycles. The van der Waals surface area contributed by atoms with Crippen molar-refractivity contribution >= 4 is 0 Å². The molecule has 1 heterocycles. The van der Waals surface area contributed by atoms with Gasteiger partial charge in [0.05, 0.1) is 12.7 Å². The third kappa shape index (κ3) is 3.44. The Morgan fingerprint density at radius 3 is 2.79 bits per heavy atom. The lowest BCUT2D eigenvalue weighted by Crippen LogP contribution is -2.19. The van der Waals surface area contributed by atoms with Crippen LogP contribution in [-0.4, -0.2) is 4.98 Å². The first-order valence-electron chi connectivity index (χ1n) is 6.84. The molecule has 1 aromatic carbocycles. The van der Waals surface area contributed by atoms with E-state index in [4.69, 9.17) is 4.42 Å². The van der Waals surface area contributed by atoms with Crippen molar-refractivity contribution in [2.24, 2.45) is 0 Å². The van der Waals surface area contributed by atoms with E-state index in [-0.39, 0.29) is 6.04 Å². The molecule has 1 N–H and O–H groups in total. The molecule has 3 nitrogen and oxygen atoms in total. The van der Waals surface area contributed by atoms with Gasteiger partial charge in [-0.2, -0.15) is 0 Å². The maximum absolute atomic E-state index is 5.60. The Bertz CT molecular complexity index is 545. The SMILES string of the molecule is CCc1cnc(CNC(C)c2cc(C)ccc2C)o1. The molecule has 0 bridgehead atoms. The molecule has 19 heavy (non-hydrogen) atoms. The molecule has 1 atom stereocenters. The number of rotatable bonds is 5. The topological polar surface area (TPSA) is 38.1 Å². The second kappa shape index (κ2) is 6.02. The molecule has 102 valence electrons. The molecule has 3 heteroatoms. The first-order valence-corrected chi connectivity index (χ1v) is 6.84. The van der Waals surface area contributed by atoms with Crippen LogP contribution in [0.4, 0.5) is 0 Å². The van der Waals surface area contributed by atoms with E-state index in [9.17, 15) is 0 Å². The molecule has 0 aliphatic rings. The van der Waals surface area contributed by atoms with Gasteiger partial charge in [-0.1, -0.05) is 30.7 Å². The van der Waals surface area contributed by atoms with E-state index in [0.29, 0.717) is 6.54 Å². The van der Waals surface area contributed by atoms with Crippen LogP contribution in [0.15, 0.2) is 28.8 Å². The van der Waals surface area contributed by atoms with E-state index < -0.39 is 0 Å². The van der Waals surface area contributed by atoms with E-state index in [1.54, 1.807) is 6.20 Å². The van der Waals surface area contributed by atoms with Gasteiger partial charge in [-0.3, -0.25) is 0 Å². The Morgan fingerprint density at radius 1 is 1.32 bits per heavy atom. The molecule has 0 fully saturated rings. The van der Waals surface area contributed by atoms with Crippen molar-refractivity contribution in [2.75, 3.05) is 0 Å². The van der Waals surface area contributed by atoms with Crippen LogP contribution in [0.5, 0.6) is 0 Å². The second-order valence-electron chi connectivity index (χ2n) is 5.04. The van der Waals surface area contributed by atoms with Gasteiger partial charge >= 0.3 is 0 Å². The number of nitrogens with one attached hydrogen (secondary N) is 1. The fraction of sp³-hybridized carbons (Fsp3) is 0.438. The highest BCUT2D eigenvalue weighted by Crippen LogP contribution is 2.19. The van der Waals surface area contributed by atoms with E-state index in [1.165, 1.54) is 16.7 Å². The third-order valence-electron chi connectivity index (χ3n) is 3.41. The van der Waals surface area contributed by atoms with Crippen molar-refractivity contribution in [3.8, 4) is 0 Å². The average molecular weight is 258 g/mol. The zero-order valence-electron chi connectivity index (χ0n) is 12.2. The minimum absolute atomic E-state index is 0.289. The lowest BCUT2D eigenvalue weighted by molar-refractivity contribution is 0.424. The number of hydrogen-bond acceptors (Lipinski definition) is 3. The molecule has 2 rings (SSSR count). The summed E-state index contributed by atoms with van der Waals surface area (Å²) in [6.07, 6.45) is 2.69. The lowest BCUT2D eigenvalue weighted by atomic mass is 10.00. The fourth-order valence-corrected chi connectivity index (χ4v) is 2.17. The molecule has 1 aromatic heterocycles. The highest BCUT2D eigenvalue weighted by Gasteiger charge is 2.10. The zero-order chi connectivity index (χ0) is 13.8. The summed E-state index contributed by atoms with van der Waals surface area (Å²) in [7, 11) is 0. The Kier molecular flexibility index (Phi) is 4.38. The normalized spacial score (nSPS) is 12.6. The standard InChI is InChI=1S/C16H22N2O/c1-5-14-9-18-16(19-14)10-17-13(4)15-8-11(2)6-7-12(15)3/h6-9,13,17H,5,10H2,1-4H3. The highest BCUT2D eigenvalue weighted by atomic mass is 16.4. The number of oxazole rings is 1. The fourth-order valence-electron chi connectivity index (χ4n) is 2.17. The van der Waals surface area contributed by atoms with Gasteiger partial charge in [0, 0.05) is 12.5 Å². The van der Waals surface area contributed by atoms with Crippen molar-refractivity contribution in [3.63, 3.8) is 0 Å². The van der Waals surface area contributed by atoms with Crippen LogP contribution in [0.2, 0.25) is 0 Å². The number of hydrogen-bond donors (Lipinski definition) is 1. The molecular formula is C16H22N2O. The first-order chi connectivity index (χ1) is 9.10. The summed E-state index contributed by atoms with van der Waals surface area (Å²) in [6.45, 7) is 9.17. The van der Waals surface area contributed by atoms with Crippen LogP contribution in [0, 0.1) is 13.8 Å². The summed E-state index contributed by atoms with van der Waals surface area (Å²) >= 11 is 0. The van der Waals surface area contributed by atoms with Crippen molar-refractivity contribution in [1.82, 2.24) is 10.3 Å². The molecular weight excluding hydrogens is 236 g/mol. The molecule has 0 saturated heterocycles. The van der Waals surface area contributed by atoms with Crippen LogP contribution in [0.25, 0.3) is 0 Å². The van der Waals surface area contributed by atoms with Gasteiger partial charge < -0.3 is 9.73 Å². The van der Waals surface area contributed by atoms with Gasteiger partial charge in [0.15, 0.2) is 0 Å². The maximum atomic E-state index is 5.60. The van der Waals surface area contributed by atoms with Crippen molar-refractivity contribution in [3.05, 3.63) is 52.7 Å². The first kappa shape index (κ1) is 13.8. The summed E-state index contributed by atoms with van der Waals surface area (Å²) in [4.78, 5) is 4.26. The highest BCUT2D eigenvalue weighted by molar-refractivity contribution is 5.32. The summed E-state index contributed by atoms with van der Waals surface area (Å²) in [5.41, 5.74) is 3.94. The monoisotopic (exact) mass is 258 g/mol. The summed E-state index contributed by atoms with van der Waals surface area (Å²) in [5.74, 6) is 1.70. The van der Waals surface area contributed by atoms with E-state index in [2.05, 4.69) is 56.2 Å². The molecule has 0 saturated carbocycles. The summed E-state index contributed by atoms with van der Waals surface area (Å²) in [6, 6.07) is 6.84. The molecule has 0 aliphatic carbocycles. The smallest absolute Gasteiger partial charge is 0.208 e. The number of aromatic nitrogens is 1. The van der Waals surface area contributed by atoms with Crippen molar-refractivity contribution in [1.29, 1.82) is 0 Å². The average Bonchev–Trinajstić information content (AvgIpc) is 2.87. The summed E-state index contributed by atoms with van der Waals surface area (Å²) in [5, 5.41) is 3.46. The Morgan fingerprint density at radius 2 is 2.11 bits per heavy atom. The maximum Gasteiger partial charge on any atom is 0.208 e. The largest absolute Gasteiger partial charge is 0.444 e. The molecule has 0 spiro atoms. The Hall–Kier alpha value is -1.61. The second-order valence-corrected chi connectivity index (χ2v) is 5.04. The number of aryl methyl sites for hydroxylation is 3. The van der Waals surface area contributed by atoms with Crippen molar-refractivity contribution in [2.45, 2.75) is 46.7 Å². The minimum Gasteiger partial charge on any atom is -0.444 e. The summed E-state index contributed by atoms with van der Waals surface area (Å²) < 4.78 is 5.60. The van der Waals surface area contributed by atoms with Crippen LogP contribution in [0.1, 0.15) is 48.2 Å². The van der Waals surface area contributed by atoms with Gasteiger partial charge in [-0.05, 0) is 31.9 Å². The number of benzene rings is 1. The predicted molar refractivity (Wildman–Crippen MR) is 77.1 cm³/mol. The minimum atomic E-state index is 0.289. The van der Waals surface area contributed by atoms with Crippen LogP contribution in [0.3, 0.4) is 0 Å². The van der Waals surface area contributed by atoms with Gasteiger partial charge in [-0.25, -0.2) is 4.98 Å². The molecule has 0 amide bonds. The van der Waals surface area contributed by atoms with Gasteiger partial charge in [-0.15, -0.1) is 0 Å². The predicted octanol–water partition coefficient (Wildman–Crippen LogP) is 3.70. The Balaban J connectivity index is 2.00. The molecule has 1 unspecified atom stereocenters.